The molecule has 2 atom stereocenters. The number of carbonyl (C=O) groups is 1. The molecule has 3 rings (SSSR count). The van der Waals surface area contributed by atoms with Gasteiger partial charge in [0, 0.05) is 24.5 Å². The second-order valence-electron chi connectivity index (χ2n) is 10.8. The zero-order valence-electron chi connectivity index (χ0n) is 26.0. The number of anilines is 1. The zero-order valence-corrected chi connectivity index (χ0v) is 24.8. The van der Waals surface area contributed by atoms with Crippen molar-refractivity contribution in [1.82, 2.24) is 10.2 Å². The first kappa shape index (κ1) is 29.7. The minimum Gasteiger partial charge on any atom is -0.494 e. The lowest BCUT2D eigenvalue weighted by atomic mass is 9.89. The van der Waals surface area contributed by atoms with Crippen molar-refractivity contribution in [2.45, 2.75) is 102 Å². The van der Waals surface area contributed by atoms with Crippen LogP contribution in [0.5, 0.6) is 0 Å². The van der Waals surface area contributed by atoms with E-state index in [2.05, 4.69) is 17.6 Å². The largest absolute Gasteiger partial charge is 0.494 e. The summed E-state index contributed by atoms with van der Waals surface area (Å²) in [5.41, 5.74) is 3.52. The number of ether oxygens (including phenoxy) is 1. The van der Waals surface area contributed by atoms with Crippen LogP contribution in [0.1, 0.15) is 92.3 Å². The number of likely N-dealkylation sites (N-methyl/N-ethyl adjacent to an activating group) is 1. The predicted molar refractivity (Wildman–Crippen MR) is 159 cm³/mol. The Morgan fingerprint density at radius 1 is 1.20 bits per heavy atom. The van der Waals surface area contributed by atoms with Gasteiger partial charge in [0.2, 0.25) is 0 Å². The molecule has 2 aliphatic heterocycles. The number of nitrogens with one attached hydrogen (secondary N) is 2. The van der Waals surface area contributed by atoms with Crippen molar-refractivity contribution in [1.29, 1.82) is 0 Å². The average Bonchev–Trinajstić information content (AvgIpc) is 2.98. The van der Waals surface area contributed by atoms with Gasteiger partial charge < -0.3 is 26.0 Å². The number of hydrogen-bond donors (Lipinski definition) is 3. The lowest BCUT2D eigenvalue weighted by Crippen LogP contribution is -2.55. The molecule has 1 aromatic carbocycles. The average molecular weight is 599 g/mol. The Bertz CT molecular complexity index is 1210. The number of halogens is 4. The molecular formula is C31H44ClF3N4O2. The maximum Gasteiger partial charge on any atom is 0.268 e. The van der Waals surface area contributed by atoms with Crippen LogP contribution in [0.3, 0.4) is 0 Å². The lowest BCUT2D eigenvalue weighted by molar-refractivity contribution is -0.119. The van der Waals surface area contributed by atoms with Gasteiger partial charge in [-0.2, -0.15) is 0 Å². The van der Waals surface area contributed by atoms with Crippen LogP contribution in [0, 0.1) is 5.82 Å². The molecule has 4 N–H and O–H groups in total. The van der Waals surface area contributed by atoms with Crippen LogP contribution in [0.25, 0.3) is 0 Å². The Labute approximate surface area is 250 Å². The number of carbonyl (C=O) groups excluding carboxylic acids is 1. The van der Waals surface area contributed by atoms with Gasteiger partial charge in [-0.15, -0.1) is 0 Å². The Balaban J connectivity index is 1.68. The van der Waals surface area contributed by atoms with Crippen molar-refractivity contribution in [2.24, 2.45) is 5.73 Å². The maximum absolute atomic E-state index is 14.9. The molecule has 1 aromatic rings. The van der Waals surface area contributed by atoms with Gasteiger partial charge in [-0.1, -0.05) is 82.7 Å². The lowest BCUT2D eigenvalue weighted by Gasteiger charge is -2.37. The van der Waals surface area contributed by atoms with Crippen LogP contribution < -0.4 is 16.4 Å². The normalized spacial score (nSPS) is 21.8. The van der Waals surface area contributed by atoms with E-state index in [-0.39, 0.29) is 28.8 Å². The molecule has 228 valence electrons. The smallest absolute Gasteiger partial charge is 0.268 e. The quantitative estimate of drug-likeness (QED) is 0.171. The van der Waals surface area contributed by atoms with E-state index in [1.165, 1.54) is 55.9 Å². The van der Waals surface area contributed by atoms with Crippen molar-refractivity contribution in [3.8, 4) is 0 Å². The number of allylic oxidation sites excluding steroid dienone is 2. The Morgan fingerprint density at radius 2 is 1.83 bits per heavy atom. The molecular weight excluding hydrogens is 553 g/mol. The molecule has 0 saturated carbocycles. The summed E-state index contributed by atoms with van der Waals surface area (Å²) in [6, 6.07) is 2.30. The molecule has 0 radical (unpaired) electrons. The van der Waals surface area contributed by atoms with Crippen molar-refractivity contribution < 1.29 is 25.4 Å². The molecule has 0 aromatic heterocycles. The first-order chi connectivity index (χ1) is 20.5. The highest BCUT2D eigenvalue weighted by atomic mass is 35.5. The van der Waals surface area contributed by atoms with Crippen LogP contribution in [0.15, 0.2) is 53.1 Å². The summed E-state index contributed by atoms with van der Waals surface area (Å²) < 4.78 is 65.4. The summed E-state index contributed by atoms with van der Waals surface area (Å²) in [5.74, 6) is -1.70. The summed E-state index contributed by atoms with van der Waals surface area (Å²) >= 11 is 6.29. The molecule has 1 amide bonds. The monoisotopic (exact) mass is 598 g/mol. The minimum atomic E-state index is -3.09. The number of amides is 1. The second-order valence-corrected chi connectivity index (χ2v) is 11.2. The van der Waals surface area contributed by atoms with Crippen molar-refractivity contribution in [3.05, 3.63) is 64.5 Å². The van der Waals surface area contributed by atoms with Gasteiger partial charge in [0.25, 0.3) is 12.3 Å². The number of hydrogen-bond acceptors (Lipinski definition) is 5. The minimum absolute atomic E-state index is 0.0402. The Morgan fingerprint density at radius 3 is 2.44 bits per heavy atom. The van der Waals surface area contributed by atoms with Gasteiger partial charge >= 0.3 is 0 Å². The summed E-state index contributed by atoms with van der Waals surface area (Å²) in [7, 11) is 1.54. The van der Waals surface area contributed by atoms with Crippen LogP contribution in [-0.2, 0) is 15.1 Å². The van der Waals surface area contributed by atoms with Crippen LogP contribution in [0.2, 0.25) is 0 Å². The molecule has 0 bridgehead atoms. The molecule has 0 saturated heterocycles. The third-order valence-electron chi connectivity index (χ3n) is 7.54. The summed E-state index contributed by atoms with van der Waals surface area (Å²) in [5, 5.41) is 5.07. The highest BCUT2D eigenvalue weighted by Gasteiger charge is 2.47. The Hall–Kier alpha value is -2.81. The summed E-state index contributed by atoms with van der Waals surface area (Å²) in [4.78, 5) is 15.0. The number of nitrogens with two attached hydrogens (primary N) is 1. The van der Waals surface area contributed by atoms with Crippen LogP contribution in [0.4, 0.5) is 18.9 Å². The fraction of sp³-hybridized carbons (Fsp3) is 0.581. The second kappa shape index (κ2) is 16.0. The fourth-order valence-corrected chi connectivity index (χ4v) is 5.58. The van der Waals surface area contributed by atoms with E-state index in [0.29, 0.717) is 12.0 Å². The summed E-state index contributed by atoms with van der Waals surface area (Å²) in [6.45, 7) is 1.63. The molecule has 0 aliphatic carbocycles. The van der Waals surface area contributed by atoms with Gasteiger partial charge in [-0.05, 0) is 42.7 Å². The number of rotatable bonds is 16. The number of unbranched alkanes of at least 4 members (excludes halogenated alkanes) is 10. The molecule has 6 nitrogen and oxygen atoms in total. The first-order valence-corrected chi connectivity index (χ1v) is 14.9. The van der Waals surface area contributed by atoms with E-state index in [9.17, 15) is 18.0 Å². The van der Waals surface area contributed by atoms with E-state index in [1.807, 2.05) is 0 Å². The predicted octanol–water partition coefficient (Wildman–Crippen LogP) is 7.62. The van der Waals surface area contributed by atoms with Gasteiger partial charge in [0.1, 0.15) is 30.5 Å². The SMILES string of the molecule is [2H]C1=C(CCCCCCCCCCCCC)C(C(=O)Nc2ccc(F)c([C@]3(C(F)F)COC=C(N)N3)c2)N(C)C([2H])=C1Cl. The van der Waals surface area contributed by atoms with Gasteiger partial charge in [-0.3, -0.25) is 4.79 Å². The number of benzene rings is 1. The van der Waals surface area contributed by atoms with Gasteiger partial charge in [0.05, 0.1) is 7.77 Å². The van der Waals surface area contributed by atoms with Crippen molar-refractivity contribution in [2.75, 3.05) is 19.0 Å². The highest BCUT2D eigenvalue weighted by Crippen LogP contribution is 2.35. The van der Waals surface area contributed by atoms with E-state index in [4.69, 9.17) is 24.8 Å². The molecule has 10 heteroatoms. The van der Waals surface area contributed by atoms with E-state index in [0.717, 1.165) is 44.1 Å². The molecule has 41 heavy (non-hydrogen) atoms. The fourth-order valence-electron chi connectivity index (χ4n) is 5.33. The van der Waals surface area contributed by atoms with Gasteiger partial charge in [-0.25, -0.2) is 13.2 Å². The number of alkyl halides is 2. The van der Waals surface area contributed by atoms with E-state index < -0.39 is 41.9 Å². The molecule has 1 unspecified atom stereocenters. The molecule has 2 heterocycles. The Kier molecular flexibility index (Phi) is 11.6. The third kappa shape index (κ3) is 9.09. The third-order valence-corrected chi connectivity index (χ3v) is 7.71. The van der Waals surface area contributed by atoms with Crippen LogP contribution in [-0.4, -0.2) is 36.9 Å². The van der Waals surface area contributed by atoms with Crippen molar-refractivity contribution in [3.63, 3.8) is 0 Å². The van der Waals surface area contributed by atoms with E-state index >= 15 is 0 Å². The molecule has 2 aliphatic rings. The maximum atomic E-state index is 14.9. The first-order valence-electron chi connectivity index (χ1n) is 15.6. The number of nitrogens with zero attached hydrogens (tertiary/aromatic N) is 1. The highest BCUT2D eigenvalue weighted by molar-refractivity contribution is 6.31. The molecule has 0 spiro atoms. The van der Waals surface area contributed by atoms with Crippen molar-refractivity contribution >= 4 is 23.2 Å². The summed E-state index contributed by atoms with van der Waals surface area (Å²) in [6.07, 6.45) is 11.0. The standard InChI is InChI=1S/C31H44ClF3N4O2/c1-3-4-5-6-7-8-9-10-11-12-13-14-22-17-23(32)19-39(2)28(22)29(40)37-24-15-16-26(33)25(18-24)31(30(34)35)21-41-20-27(36)38-31/h15-20,28,30,38H,3-14,21,36H2,1-2H3,(H,37,40)/t28?,31-/m0/s1/i17D,19D. The zero-order chi connectivity index (χ0) is 31.6. The van der Waals surface area contributed by atoms with Gasteiger partial charge in [0.15, 0.2) is 5.54 Å². The van der Waals surface area contributed by atoms with E-state index in [1.54, 1.807) is 7.05 Å². The topological polar surface area (TPSA) is 79.6 Å². The van der Waals surface area contributed by atoms with Crippen LogP contribution >= 0.6 is 11.6 Å². The molecule has 0 fully saturated rings.